The van der Waals surface area contributed by atoms with Gasteiger partial charge in [-0.15, -0.1) is 0 Å². The first kappa shape index (κ1) is 15.8. The maximum Gasteiger partial charge on any atom is 0.331 e. The summed E-state index contributed by atoms with van der Waals surface area (Å²) in [4.78, 5) is 13.2. The topological polar surface area (TPSA) is 60.8 Å². The molecular formula is C18H18ClNO3. The number of rotatable bonds is 3. The van der Waals surface area contributed by atoms with Crippen molar-refractivity contribution >= 4 is 17.6 Å². The highest BCUT2D eigenvalue weighted by Gasteiger charge is 2.27. The number of allylic oxidation sites excluding steroid dienone is 9. The molecule has 0 aromatic carbocycles. The van der Waals surface area contributed by atoms with E-state index in [1.54, 1.807) is 17.2 Å². The van der Waals surface area contributed by atoms with E-state index in [1.165, 1.54) is 0 Å². The first-order valence-electron chi connectivity index (χ1n) is 7.57. The van der Waals surface area contributed by atoms with Gasteiger partial charge in [-0.2, -0.15) is 0 Å². The number of hydrogen-bond donors (Lipinski definition) is 2. The molecule has 0 aromatic rings. The van der Waals surface area contributed by atoms with Crippen LogP contribution in [0.15, 0.2) is 70.6 Å². The Bertz CT molecular complexity index is 697. The molecule has 0 saturated carbocycles. The zero-order valence-corrected chi connectivity index (χ0v) is 13.3. The number of aliphatic hydroxyl groups is 1. The summed E-state index contributed by atoms with van der Waals surface area (Å²) >= 11 is 5.96. The van der Waals surface area contributed by atoms with Crippen LogP contribution >= 0.6 is 11.6 Å². The first-order valence-corrected chi connectivity index (χ1v) is 7.94. The Morgan fingerprint density at radius 1 is 1.35 bits per heavy atom. The zero-order chi connectivity index (χ0) is 16.4. The second kappa shape index (κ2) is 6.60. The molecule has 2 heterocycles. The van der Waals surface area contributed by atoms with Crippen LogP contribution in [-0.2, 0) is 4.79 Å². The first-order chi connectivity index (χ1) is 11.0. The van der Waals surface area contributed by atoms with Crippen molar-refractivity contribution in [1.82, 2.24) is 4.90 Å². The Morgan fingerprint density at radius 3 is 2.87 bits per heavy atom. The van der Waals surface area contributed by atoms with Crippen molar-refractivity contribution in [3.8, 4) is 0 Å². The van der Waals surface area contributed by atoms with Crippen LogP contribution in [0.5, 0.6) is 0 Å². The Morgan fingerprint density at radius 2 is 2.17 bits per heavy atom. The molecule has 0 saturated heterocycles. The fraction of sp³-hybridized carbons (Fsp3) is 0.278. The molecule has 2 unspecified atom stereocenters. The number of fused-ring (bicyclic) bond motifs is 1. The van der Waals surface area contributed by atoms with E-state index in [2.05, 4.69) is 6.08 Å². The van der Waals surface area contributed by atoms with Gasteiger partial charge in [0, 0.05) is 28.9 Å². The summed E-state index contributed by atoms with van der Waals surface area (Å²) in [7, 11) is 0. The van der Waals surface area contributed by atoms with Gasteiger partial charge in [0.15, 0.2) is 0 Å². The normalized spacial score (nSPS) is 26.6. The van der Waals surface area contributed by atoms with Crippen LogP contribution in [0, 0.1) is 5.92 Å². The Hall–Kier alpha value is -2.04. The predicted octanol–water partition coefficient (Wildman–Crippen LogP) is 3.45. The number of aliphatic hydroxyl groups excluding tert-OH is 1. The number of nitrogens with zero attached hydrogens (tertiary/aromatic N) is 1. The molecule has 0 radical (unpaired) electrons. The SMILES string of the molecule is O=C(O)C1=CC(CC2C=CC(Cl)=CC2)=C2C=CC=CN2C(O)C1. The molecule has 23 heavy (non-hydrogen) atoms. The van der Waals surface area contributed by atoms with Gasteiger partial charge in [-0.25, -0.2) is 4.79 Å². The lowest BCUT2D eigenvalue weighted by Crippen LogP contribution is -2.30. The van der Waals surface area contributed by atoms with Crippen LogP contribution < -0.4 is 0 Å². The van der Waals surface area contributed by atoms with E-state index in [9.17, 15) is 15.0 Å². The quantitative estimate of drug-likeness (QED) is 0.831. The molecule has 4 nitrogen and oxygen atoms in total. The largest absolute Gasteiger partial charge is 0.478 e. The number of aliphatic carboxylic acids is 1. The lowest BCUT2D eigenvalue weighted by Gasteiger charge is -2.29. The van der Waals surface area contributed by atoms with E-state index in [-0.39, 0.29) is 17.9 Å². The van der Waals surface area contributed by atoms with Crippen molar-refractivity contribution < 1.29 is 15.0 Å². The van der Waals surface area contributed by atoms with Crippen molar-refractivity contribution in [2.75, 3.05) is 0 Å². The van der Waals surface area contributed by atoms with Crippen LogP contribution in [0.1, 0.15) is 19.3 Å². The van der Waals surface area contributed by atoms with Crippen LogP contribution in [0.4, 0.5) is 0 Å². The molecule has 0 spiro atoms. The van der Waals surface area contributed by atoms with E-state index in [0.29, 0.717) is 6.42 Å². The summed E-state index contributed by atoms with van der Waals surface area (Å²) in [5, 5.41) is 20.4. The lowest BCUT2D eigenvalue weighted by molar-refractivity contribution is -0.133. The lowest BCUT2D eigenvalue weighted by atomic mass is 9.91. The van der Waals surface area contributed by atoms with E-state index >= 15 is 0 Å². The molecule has 3 rings (SSSR count). The average molecular weight is 332 g/mol. The average Bonchev–Trinajstić information content (AvgIpc) is 2.68. The Kier molecular flexibility index (Phi) is 4.55. The third kappa shape index (κ3) is 3.49. The predicted molar refractivity (Wildman–Crippen MR) is 89.3 cm³/mol. The van der Waals surface area contributed by atoms with Gasteiger partial charge in [0.25, 0.3) is 0 Å². The van der Waals surface area contributed by atoms with Crippen LogP contribution in [0.25, 0.3) is 0 Å². The Balaban J connectivity index is 1.95. The van der Waals surface area contributed by atoms with E-state index in [0.717, 1.165) is 22.7 Å². The second-order valence-corrected chi connectivity index (χ2v) is 6.26. The molecule has 0 fully saturated rings. The maximum atomic E-state index is 11.4. The summed E-state index contributed by atoms with van der Waals surface area (Å²) in [6, 6.07) is 0. The molecule has 1 aliphatic carbocycles. The second-order valence-electron chi connectivity index (χ2n) is 5.83. The number of carbonyl (C=O) groups is 1. The Labute approximate surface area is 140 Å². The van der Waals surface area contributed by atoms with Gasteiger partial charge in [-0.1, -0.05) is 29.8 Å². The molecule has 2 atom stereocenters. The highest BCUT2D eigenvalue weighted by Crippen LogP contribution is 2.33. The summed E-state index contributed by atoms with van der Waals surface area (Å²) in [5.41, 5.74) is 2.00. The van der Waals surface area contributed by atoms with Crippen LogP contribution in [0.2, 0.25) is 0 Å². The van der Waals surface area contributed by atoms with Gasteiger partial charge in [0.2, 0.25) is 0 Å². The van der Waals surface area contributed by atoms with Gasteiger partial charge < -0.3 is 15.1 Å². The fourth-order valence-electron chi connectivity index (χ4n) is 3.01. The molecule has 5 heteroatoms. The molecule has 2 aliphatic heterocycles. The maximum absolute atomic E-state index is 11.4. The van der Waals surface area contributed by atoms with Gasteiger partial charge in [-0.3, -0.25) is 0 Å². The van der Waals surface area contributed by atoms with Crippen LogP contribution in [-0.4, -0.2) is 27.3 Å². The molecule has 0 bridgehead atoms. The molecule has 3 aliphatic rings. The van der Waals surface area contributed by atoms with Gasteiger partial charge in [-0.05, 0) is 48.6 Å². The highest BCUT2D eigenvalue weighted by molar-refractivity contribution is 6.31. The molecule has 2 N–H and O–H groups in total. The van der Waals surface area contributed by atoms with Gasteiger partial charge >= 0.3 is 5.97 Å². The van der Waals surface area contributed by atoms with E-state index in [4.69, 9.17) is 11.6 Å². The van der Waals surface area contributed by atoms with Crippen molar-refractivity contribution in [3.63, 3.8) is 0 Å². The molecule has 120 valence electrons. The molecule has 0 amide bonds. The number of carboxylic acid groups (broad SMARTS) is 1. The zero-order valence-electron chi connectivity index (χ0n) is 12.5. The van der Waals surface area contributed by atoms with Crippen molar-refractivity contribution in [3.05, 3.63) is 70.6 Å². The standard InChI is InChI=1S/C18H18ClNO3/c19-15-6-4-12(5-7-15)9-13-10-14(18(22)23)11-17(21)20-8-2-1-3-16(13)20/h1-4,6-8,10,12,17,21H,5,9,11H2,(H,22,23). The smallest absolute Gasteiger partial charge is 0.331 e. The van der Waals surface area contributed by atoms with E-state index < -0.39 is 12.2 Å². The third-order valence-corrected chi connectivity index (χ3v) is 4.47. The molecule has 0 aromatic heterocycles. The summed E-state index contributed by atoms with van der Waals surface area (Å²) in [6.07, 6.45) is 15.8. The number of hydrogen-bond acceptors (Lipinski definition) is 3. The molecular weight excluding hydrogens is 314 g/mol. The minimum Gasteiger partial charge on any atom is -0.478 e. The van der Waals surface area contributed by atoms with Crippen molar-refractivity contribution in [2.24, 2.45) is 5.92 Å². The van der Waals surface area contributed by atoms with Gasteiger partial charge in [0.05, 0.1) is 0 Å². The minimum atomic E-state index is -0.989. The van der Waals surface area contributed by atoms with Crippen molar-refractivity contribution in [2.45, 2.75) is 25.5 Å². The van der Waals surface area contributed by atoms with Gasteiger partial charge in [0.1, 0.15) is 6.23 Å². The summed E-state index contributed by atoms with van der Waals surface area (Å²) < 4.78 is 0. The minimum absolute atomic E-state index is 0.0900. The third-order valence-electron chi connectivity index (χ3n) is 4.19. The summed E-state index contributed by atoms with van der Waals surface area (Å²) in [5.74, 6) is -0.722. The number of carboxylic acids is 1. The summed E-state index contributed by atoms with van der Waals surface area (Å²) in [6.45, 7) is 0. The number of halogens is 1. The highest BCUT2D eigenvalue weighted by atomic mass is 35.5. The van der Waals surface area contributed by atoms with E-state index in [1.807, 2.05) is 30.4 Å². The monoisotopic (exact) mass is 331 g/mol. The fourth-order valence-corrected chi connectivity index (χ4v) is 3.17. The van der Waals surface area contributed by atoms with Crippen molar-refractivity contribution in [1.29, 1.82) is 0 Å². The van der Waals surface area contributed by atoms with Crippen LogP contribution in [0.3, 0.4) is 0 Å².